The third-order valence-corrected chi connectivity index (χ3v) is 8.20. The number of fused-ring (bicyclic) bond motifs is 1. The molecule has 2 N–H and O–H groups in total. The van der Waals surface area contributed by atoms with Gasteiger partial charge < -0.3 is 15.4 Å². The monoisotopic (exact) mass is 435 g/mol. The zero-order valence-corrected chi connectivity index (χ0v) is 18.0. The molecule has 0 spiro atoms. The fraction of sp³-hybridized carbons (Fsp3) is 0.619. The van der Waals surface area contributed by atoms with Crippen LogP contribution in [-0.2, 0) is 19.6 Å². The Morgan fingerprint density at radius 2 is 1.97 bits per heavy atom. The molecule has 0 radical (unpaired) electrons. The number of anilines is 1. The van der Waals surface area contributed by atoms with E-state index < -0.39 is 10.0 Å². The van der Waals surface area contributed by atoms with E-state index in [4.69, 9.17) is 4.74 Å². The van der Waals surface area contributed by atoms with E-state index in [1.165, 1.54) is 16.4 Å². The Morgan fingerprint density at radius 3 is 2.73 bits per heavy atom. The van der Waals surface area contributed by atoms with Gasteiger partial charge in [0.1, 0.15) is 5.75 Å². The van der Waals surface area contributed by atoms with Gasteiger partial charge >= 0.3 is 0 Å². The highest BCUT2D eigenvalue weighted by Crippen LogP contribution is 2.32. The Balaban J connectivity index is 1.44. The van der Waals surface area contributed by atoms with Crippen LogP contribution in [0.3, 0.4) is 0 Å². The Bertz CT molecular complexity index is 925. The first-order valence-electron chi connectivity index (χ1n) is 10.7. The van der Waals surface area contributed by atoms with Crippen molar-refractivity contribution in [2.75, 3.05) is 25.0 Å². The highest BCUT2D eigenvalue weighted by Gasteiger charge is 2.35. The maximum Gasteiger partial charge on any atom is 0.262 e. The molecule has 2 heterocycles. The SMILES string of the molecule is CC1CCC(NC(=O)[C@@H]2CCCN(S(=O)(=O)c3ccc4c(c3)NC(=O)CO4)C2)CC1. The fourth-order valence-corrected chi connectivity index (χ4v) is 6.02. The van der Waals surface area contributed by atoms with Crippen LogP contribution in [0.4, 0.5) is 5.69 Å². The van der Waals surface area contributed by atoms with E-state index in [0.29, 0.717) is 36.7 Å². The van der Waals surface area contributed by atoms with Crippen molar-refractivity contribution in [2.24, 2.45) is 11.8 Å². The summed E-state index contributed by atoms with van der Waals surface area (Å²) in [6, 6.07) is 4.66. The molecule has 1 aromatic carbocycles. The number of ether oxygens (including phenoxy) is 1. The minimum Gasteiger partial charge on any atom is -0.482 e. The molecule has 2 fully saturated rings. The van der Waals surface area contributed by atoms with Crippen molar-refractivity contribution in [1.82, 2.24) is 9.62 Å². The summed E-state index contributed by atoms with van der Waals surface area (Å²) in [6.07, 6.45) is 5.55. The molecule has 9 heteroatoms. The molecule has 8 nitrogen and oxygen atoms in total. The molecule has 164 valence electrons. The number of benzene rings is 1. The number of nitrogens with one attached hydrogen (secondary N) is 2. The van der Waals surface area contributed by atoms with E-state index in [1.54, 1.807) is 6.07 Å². The molecule has 2 amide bonds. The fourth-order valence-electron chi connectivity index (χ4n) is 4.47. The van der Waals surface area contributed by atoms with E-state index in [2.05, 4.69) is 17.6 Å². The van der Waals surface area contributed by atoms with Crippen molar-refractivity contribution in [1.29, 1.82) is 0 Å². The number of carbonyl (C=O) groups excluding carboxylic acids is 2. The van der Waals surface area contributed by atoms with Crippen LogP contribution in [0.2, 0.25) is 0 Å². The quantitative estimate of drug-likeness (QED) is 0.754. The summed E-state index contributed by atoms with van der Waals surface area (Å²) in [5, 5.41) is 5.78. The Kier molecular flexibility index (Phi) is 6.02. The van der Waals surface area contributed by atoms with Gasteiger partial charge in [-0.05, 0) is 62.6 Å². The van der Waals surface area contributed by atoms with Crippen LogP contribution in [0, 0.1) is 11.8 Å². The number of nitrogens with zero attached hydrogens (tertiary/aromatic N) is 1. The maximum absolute atomic E-state index is 13.2. The average Bonchev–Trinajstić information content (AvgIpc) is 2.75. The average molecular weight is 436 g/mol. The van der Waals surface area contributed by atoms with Gasteiger partial charge in [0.2, 0.25) is 15.9 Å². The maximum atomic E-state index is 13.2. The lowest BCUT2D eigenvalue weighted by Gasteiger charge is -2.33. The van der Waals surface area contributed by atoms with Crippen molar-refractivity contribution in [3.05, 3.63) is 18.2 Å². The van der Waals surface area contributed by atoms with E-state index in [-0.39, 0.29) is 41.8 Å². The lowest BCUT2D eigenvalue weighted by atomic mass is 9.87. The van der Waals surface area contributed by atoms with Gasteiger partial charge in [-0.25, -0.2) is 8.42 Å². The molecule has 0 aromatic heterocycles. The molecule has 3 aliphatic rings. The summed E-state index contributed by atoms with van der Waals surface area (Å²) < 4.78 is 33.1. The molecule has 0 unspecified atom stereocenters. The Hall–Kier alpha value is -2.13. The van der Waals surface area contributed by atoms with Crippen LogP contribution in [-0.4, -0.2) is 50.3 Å². The van der Waals surface area contributed by atoms with Gasteiger partial charge in [-0.15, -0.1) is 0 Å². The largest absolute Gasteiger partial charge is 0.482 e. The molecule has 1 saturated carbocycles. The van der Waals surface area contributed by atoms with E-state index in [0.717, 1.165) is 25.7 Å². The van der Waals surface area contributed by atoms with Crippen molar-refractivity contribution in [2.45, 2.75) is 56.4 Å². The van der Waals surface area contributed by atoms with Gasteiger partial charge in [-0.2, -0.15) is 4.31 Å². The standard InChI is InChI=1S/C21H29N3O5S/c1-14-4-6-16(7-5-14)22-21(26)15-3-2-10-24(12-15)30(27,28)17-8-9-19-18(11-17)23-20(25)13-29-19/h8-9,11,14-16H,2-7,10,12-13H2,1H3,(H,22,26)(H,23,25)/t14?,15-,16?/m1/s1. The highest BCUT2D eigenvalue weighted by atomic mass is 32.2. The Labute approximate surface area is 177 Å². The van der Waals surface area contributed by atoms with Gasteiger partial charge in [-0.1, -0.05) is 6.92 Å². The molecule has 4 rings (SSSR count). The zero-order valence-electron chi connectivity index (χ0n) is 17.2. The van der Waals surface area contributed by atoms with Crippen LogP contribution >= 0.6 is 0 Å². The van der Waals surface area contributed by atoms with Crippen LogP contribution in [0.25, 0.3) is 0 Å². The molecule has 1 aliphatic carbocycles. The van der Waals surface area contributed by atoms with Crippen molar-refractivity contribution >= 4 is 27.5 Å². The first-order chi connectivity index (χ1) is 14.3. The Morgan fingerprint density at radius 1 is 1.20 bits per heavy atom. The molecule has 1 atom stereocenters. The summed E-state index contributed by atoms with van der Waals surface area (Å²) in [6.45, 7) is 2.71. The van der Waals surface area contributed by atoms with Gasteiger partial charge in [0.15, 0.2) is 6.61 Å². The molecule has 1 aromatic rings. The summed E-state index contributed by atoms with van der Waals surface area (Å²) in [7, 11) is -3.77. The normalized spacial score (nSPS) is 27.5. The van der Waals surface area contributed by atoms with Gasteiger partial charge in [0.25, 0.3) is 5.91 Å². The second-order valence-corrected chi connectivity index (χ2v) is 10.6. The number of rotatable bonds is 4. The zero-order chi connectivity index (χ0) is 21.3. The molecule has 2 aliphatic heterocycles. The molecule has 30 heavy (non-hydrogen) atoms. The van der Waals surface area contributed by atoms with E-state index >= 15 is 0 Å². The van der Waals surface area contributed by atoms with Crippen LogP contribution in [0.1, 0.15) is 45.4 Å². The summed E-state index contributed by atoms with van der Waals surface area (Å²) >= 11 is 0. The van der Waals surface area contributed by atoms with Gasteiger partial charge in [0, 0.05) is 19.1 Å². The minimum atomic E-state index is -3.77. The smallest absolute Gasteiger partial charge is 0.262 e. The molecule has 1 saturated heterocycles. The van der Waals surface area contributed by atoms with Crippen molar-refractivity contribution in [3.8, 4) is 5.75 Å². The van der Waals surface area contributed by atoms with Crippen molar-refractivity contribution in [3.63, 3.8) is 0 Å². The number of hydrogen-bond donors (Lipinski definition) is 2. The molecule has 0 bridgehead atoms. The summed E-state index contributed by atoms with van der Waals surface area (Å²) in [5.74, 6) is 0.462. The second kappa shape index (κ2) is 8.55. The van der Waals surface area contributed by atoms with E-state index in [1.807, 2.05) is 0 Å². The highest BCUT2D eigenvalue weighted by molar-refractivity contribution is 7.89. The predicted molar refractivity (Wildman–Crippen MR) is 112 cm³/mol. The third kappa shape index (κ3) is 4.46. The lowest BCUT2D eigenvalue weighted by Crippen LogP contribution is -2.48. The second-order valence-electron chi connectivity index (χ2n) is 8.66. The lowest BCUT2D eigenvalue weighted by molar-refractivity contribution is -0.127. The van der Waals surface area contributed by atoms with Crippen molar-refractivity contribution < 1.29 is 22.7 Å². The van der Waals surface area contributed by atoms with Gasteiger partial charge in [-0.3, -0.25) is 9.59 Å². The number of piperidine rings is 1. The number of sulfonamides is 1. The first-order valence-corrected chi connectivity index (χ1v) is 12.1. The van der Waals surface area contributed by atoms with Crippen LogP contribution in [0.15, 0.2) is 23.1 Å². The minimum absolute atomic E-state index is 0.0412. The number of carbonyl (C=O) groups is 2. The number of amides is 2. The molecular formula is C21H29N3O5S. The summed E-state index contributed by atoms with van der Waals surface area (Å²) in [4.78, 5) is 24.4. The van der Waals surface area contributed by atoms with Crippen LogP contribution in [0.5, 0.6) is 5.75 Å². The first kappa shape index (κ1) is 21.1. The molecular weight excluding hydrogens is 406 g/mol. The topological polar surface area (TPSA) is 105 Å². The third-order valence-electron chi connectivity index (χ3n) is 6.34. The van der Waals surface area contributed by atoms with Crippen LogP contribution < -0.4 is 15.4 Å². The predicted octanol–water partition coefficient (Wildman–Crippen LogP) is 2.11. The number of hydrogen-bond acceptors (Lipinski definition) is 5. The van der Waals surface area contributed by atoms with Gasteiger partial charge in [0.05, 0.1) is 16.5 Å². The van der Waals surface area contributed by atoms with E-state index in [9.17, 15) is 18.0 Å². The summed E-state index contributed by atoms with van der Waals surface area (Å²) in [5.41, 5.74) is 0.352.